The lowest BCUT2D eigenvalue weighted by atomic mass is 10.3. The molecule has 0 amide bonds. The Kier molecular flexibility index (Phi) is 3.74. The third-order valence-electron chi connectivity index (χ3n) is 1.24. The van der Waals surface area contributed by atoms with Crippen LogP contribution in [0, 0.1) is 11.8 Å². The Bertz CT molecular complexity index is 240. The molecule has 58 valence electrons. The van der Waals surface area contributed by atoms with E-state index in [0.29, 0.717) is 0 Å². The molecule has 2 N–H and O–H groups in total. The first-order chi connectivity index (χ1) is 5.43. The third-order valence-corrected chi connectivity index (χ3v) is 2.02. The quantitative estimate of drug-likeness (QED) is 0.525. The third kappa shape index (κ3) is 3.22. The van der Waals surface area contributed by atoms with E-state index in [9.17, 15) is 0 Å². The van der Waals surface area contributed by atoms with E-state index in [-0.39, 0.29) is 0 Å². The molecule has 0 atom stereocenters. The minimum absolute atomic E-state index is 0.735. The molecule has 1 aromatic heterocycles. The van der Waals surface area contributed by atoms with Crippen molar-refractivity contribution in [3.05, 3.63) is 22.4 Å². The summed E-state index contributed by atoms with van der Waals surface area (Å²) < 4.78 is 0. The number of unbranched alkanes of at least 4 members (excludes halogenated alkanes) is 1. The van der Waals surface area contributed by atoms with Crippen molar-refractivity contribution in [1.29, 1.82) is 0 Å². The van der Waals surface area contributed by atoms with Gasteiger partial charge in [0.25, 0.3) is 0 Å². The molecular weight excluding hydrogens is 154 g/mol. The zero-order valence-electron chi connectivity index (χ0n) is 6.34. The molecule has 2 heteroatoms. The van der Waals surface area contributed by atoms with E-state index >= 15 is 0 Å². The van der Waals surface area contributed by atoms with Gasteiger partial charge in [0.2, 0.25) is 0 Å². The number of nitrogens with two attached hydrogens (primary N) is 1. The molecule has 11 heavy (non-hydrogen) atoms. The maximum Gasteiger partial charge on any atom is 0.0768 e. The van der Waals surface area contributed by atoms with Crippen molar-refractivity contribution < 1.29 is 0 Å². The summed E-state index contributed by atoms with van der Waals surface area (Å²) in [5, 5.41) is 2.03. The van der Waals surface area contributed by atoms with E-state index in [4.69, 9.17) is 5.73 Å². The molecule has 0 unspecified atom stereocenters. The van der Waals surface area contributed by atoms with Gasteiger partial charge in [-0.05, 0) is 24.4 Å². The van der Waals surface area contributed by atoms with Crippen LogP contribution >= 0.6 is 11.3 Å². The number of rotatable bonds is 2. The maximum absolute atomic E-state index is 5.32. The Hall–Kier alpha value is -0.780. The normalized spacial score (nSPS) is 8.82. The van der Waals surface area contributed by atoms with Crippen LogP contribution in [0.5, 0.6) is 0 Å². The molecule has 0 saturated carbocycles. The van der Waals surface area contributed by atoms with Crippen LogP contribution in [0.3, 0.4) is 0 Å². The van der Waals surface area contributed by atoms with Gasteiger partial charge in [-0.15, -0.1) is 11.3 Å². The summed E-state index contributed by atoms with van der Waals surface area (Å²) in [5.74, 6) is 6.14. The van der Waals surface area contributed by atoms with E-state index in [1.54, 1.807) is 11.3 Å². The van der Waals surface area contributed by atoms with Crippen molar-refractivity contribution in [2.75, 3.05) is 6.54 Å². The van der Waals surface area contributed by atoms with Gasteiger partial charge >= 0.3 is 0 Å². The first kappa shape index (κ1) is 8.32. The van der Waals surface area contributed by atoms with Gasteiger partial charge in [0, 0.05) is 6.42 Å². The van der Waals surface area contributed by atoms with Crippen LogP contribution in [0.1, 0.15) is 17.7 Å². The van der Waals surface area contributed by atoms with Crippen LogP contribution in [0.15, 0.2) is 17.5 Å². The van der Waals surface area contributed by atoms with E-state index in [1.807, 2.05) is 17.5 Å². The smallest absolute Gasteiger partial charge is 0.0768 e. The second kappa shape index (κ2) is 4.95. The second-order valence-electron chi connectivity index (χ2n) is 2.17. The molecule has 0 bridgehead atoms. The Balaban J connectivity index is 2.33. The number of thiophene rings is 1. The molecule has 0 aliphatic rings. The molecule has 1 rings (SSSR count). The summed E-state index contributed by atoms with van der Waals surface area (Å²) in [6.07, 6.45) is 1.91. The lowest BCUT2D eigenvalue weighted by Crippen LogP contribution is -1.96. The lowest BCUT2D eigenvalue weighted by molar-refractivity contribution is 0.870. The van der Waals surface area contributed by atoms with Gasteiger partial charge in [0.1, 0.15) is 0 Å². The molecule has 0 fully saturated rings. The fourth-order valence-electron chi connectivity index (χ4n) is 0.690. The topological polar surface area (TPSA) is 26.0 Å². The zero-order valence-corrected chi connectivity index (χ0v) is 7.16. The molecule has 0 aliphatic heterocycles. The van der Waals surface area contributed by atoms with Gasteiger partial charge in [-0.2, -0.15) is 0 Å². The highest BCUT2D eigenvalue weighted by molar-refractivity contribution is 7.10. The van der Waals surface area contributed by atoms with Crippen molar-refractivity contribution in [1.82, 2.24) is 0 Å². The van der Waals surface area contributed by atoms with Crippen molar-refractivity contribution in [3.63, 3.8) is 0 Å². The molecule has 0 saturated heterocycles. The molecule has 0 aliphatic carbocycles. The molecule has 1 nitrogen and oxygen atoms in total. The van der Waals surface area contributed by atoms with Crippen molar-refractivity contribution >= 4 is 11.3 Å². The SMILES string of the molecule is NCCCC#Cc1cccs1. The molecule has 1 aromatic rings. The largest absolute Gasteiger partial charge is 0.330 e. The fourth-order valence-corrected chi connectivity index (χ4v) is 1.28. The highest BCUT2D eigenvalue weighted by Gasteiger charge is 1.83. The van der Waals surface area contributed by atoms with Crippen LogP contribution in [0.25, 0.3) is 0 Å². The summed E-state index contributed by atoms with van der Waals surface area (Å²) in [6, 6.07) is 4.04. The monoisotopic (exact) mass is 165 g/mol. The Labute approximate surface area is 71.2 Å². The highest BCUT2D eigenvalue weighted by atomic mass is 32.1. The maximum atomic E-state index is 5.32. The van der Waals surface area contributed by atoms with E-state index in [0.717, 1.165) is 24.3 Å². The van der Waals surface area contributed by atoms with Crippen LogP contribution in [-0.2, 0) is 0 Å². The van der Waals surface area contributed by atoms with Gasteiger partial charge < -0.3 is 5.73 Å². The van der Waals surface area contributed by atoms with E-state index in [1.165, 1.54) is 0 Å². The summed E-state index contributed by atoms with van der Waals surface area (Å²) in [7, 11) is 0. The minimum Gasteiger partial charge on any atom is -0.330 e. The fraction of sp³-hybridized carbons (Fsp3) is 0.333. The van der Waals surface area contributed by atoms with E-state index < -0.39 is 0 Å². The first-order valence-corrected chi connectivity index (χ1v) is 4.54. The predicted octanol–water partition coefficient (Wildman–Crippen LogP) is 1.84. The summed E-state index contributed by atoms with van der Waals surface area (Å²) in [5.41, 5.74) is 5.32. The zero-order chi connectivity index (χ0) is 7.94. The molecule has 0 aromatic carbocycles. The average Bonchev–Trinajstić information content (AvgIpc) is 2.50. The Morgan fingerprint density at radius 1 is 1.55 bits per heavy atom. The minimum atomic E-state index is 0.735. The van der Waals surface area contributed by atoms with Crippen molar-refractivity contribution in [3.8, 4) is 11.8 Å². The molecule has 1 heterocycles. The van der Waals surface area contributed by atoms with Crippen molar-refractivity contribution in [2.45, 2.75) is 12.8 Å². The van der Waals surface area contributed by atoms with Gasteiger partial charge in [-0.25, -0.2) is 0 Å². The van der Waals surface area contributed by atoms with E-state index in [2.05, 4.69) is 11.8 Å². The van der Waals surface area contributed by atoms with Crippen LogP contribution in [0.2, 0.25) is 0 Å². The highest BCUT2D eigenvalue weighted by Crippen LogP contribution is 2.05. The standard InChI is InChI=1S/C9H11NS/c10-7-3-1-2-5-9-6-4-8-11-9/h4,6,8H,1,3,7,10H2. The summed E-state index contributed by atoms with van der Waals surface area (Å²) >= 11 is 1.68. The molecular formula is C9H11NS. The average molecular weight is 165 g/mol. The summed E-state index contributed by atoms with van der Waals surface area (Å²) in [6.45, 7) is 0.735. The van der Waals surface area contributed by atoms with Gasteiger partial charge in [0.05, 0.1) is 4.88 Å². The summed E-state index contributed by atoms with van der Waals surface area (Å²) in [4.78, 5) is 1.14. The van der Waals surface area contributed by atoms with Crippen LogP contribution in [-0.4, -0.2) is 6.54 Å². The van der Waals surface area contributed by atoms with Crippen LogP contribution < -0.4 is 5.73 Å². The predicted molar refractivity (Wildman–Crippen MR) is 49.5 cm³/mol. The van der Waals surface area contributed by atoms with Crippen molar-refractivity contribution in [2.24, 2.45) is 5.73 Å². The van der Waals surface area contributed by atoms with Crippen LogP contribution in [0.4, 0.5) is 0 Å². The Morgan fingerprint density at radius 2 is 2.45 bits per heavy atom. The number of hydrogen-bond donors (Lipinski definition) is 1. The molecule has 0 radical (unpaired) electrons. The second-order valence-corrected chi connectivity index (χ2v) is 3.12. The lowest BCUT2D eigenvalue weighted by Gasteiger charge is -1.83. The van der Waals surface area contributed by atoms with Gasteiger partial charge in [0.15, 0.2) is 0 Å². The van der Waals surface area contributed by atoms with Gasteiger partial charge in [-0.3, -0.25) is 0 Å². The van der Waals surface area contributed by atoms with Gasteiger partial charge in [-0.1, -0.05) is 17.9 Å². The molecule has 0 spiro atoms. The number of hydrogen-bond acceptors (Lipinski definition) is 2. The first-order valence-electron chi connectivity index (χ1n) is 3.66. The Morgan fingerprint density at radius 3 is 3.09 bits per heavy atom.